The fourth-order valence-corrected chi connectivity index (χ4v) is 1.18. The molecule has 2 nitrogen and oxygen atoms in total. The van der Waals surface area contributed by atoms with Crippen molar-refractivity contribution in [3.63, 3.8) is 0 Å². The van der Waals surface area contributed by atoms with Gasteiger partial charge in [-0.05, 0) is 17.7 Å². The Balaban J connectivity index is 0.00000137. The molecule has 0 aliphatic heterocycles. The number of carbonyl (C=O) groups excluding carboxylic acids is 1. The highest BCUT2D eigenvalue weighted by Crippen LogP contribution is 2.22. The molecule has 0 fully saturated rings. The van der Waals surface area contributed by atoms with Gasteiger partial charge in [0.2, 0.25) is 0 Å². The molecule has 102 valence electrons. The number of carbonyl (C=O) groups is 1. The predicted octanol–water partition coefficient (Wildman–Crippen LogP) is 3.96. The second-order valence-corrected chi connectivity index (χ2v) is 3.31. The number of halogens is 4. The molecule has 0 bridgehead atoms. The van der Waals surface area contributed by atoms with E-state index in [0.717, 1.165) is 12.1 Å². The Morgan fingerprint density at radius 3 is 2.11 bits per heavy atom. The number of hydrogen-bond donors (Lipinski definition) is 0. The lowest BCUT2D eigenvalue weighted by Crippen LogP contribution is -2.17. The quantitative estimate of drug-likeness (QED) is 0.781. The van der Waals surface area contributed by atoms with Crippen LogP contribution in [0.5, 0.6) is 5.75 Å². The Morgan fingerprint density at radius 2 is 1.72 bits per heavy atom. The summed E-state index contributed by atoms with van der Waals surface area (Å²) in [6.45, 7) is 4.00. The van der Waals surface area contributed by atoms with Crippen molar-refractivity contribution in [3.8, 4) is 5.75 Å². The molecular formula is C12H14ClF3O2. The first-order valence-electron chi connectivity index (χ1n) is 5.33. The van der Waals surface area contributed by atoms with E-state index >= 15 is 0 Å². The fourth-order valence-electron chi connectivity index (χ4n) is 1.08. The summed E-state index contributed by atoms with van der Waals surface area (Å²) in [7, 11) is 0. The van der Waals surface area contributed by atoms with Gasteiger partial charge in [0.25, 0.3) is 0 Å². The van der Waals surface area contributed by atoms with Gasteiger partial charge in [0, 0.05) is 6.42 Å². The summed E-state index contributed by atoms with van der Waals surface area (Å²) in [4.78, 5) is 11.0. The Kier molecular flexibility index (Phi) is 7.43. The first kappa shape index (κ1) is 16.8. The molecule has 0 atom stereocenters. The Labute approximate surface area is 109 Å². The zero-order valence-electron chi connectivity index (χ0n) is 10.1. The molecule has 6 heteroatoms. The maximum atomic E-state index is 11.8. The van der Waals surface area contributed by atoms with Crippen LogP contribution in [0.25, 0.3) is 0 Å². The van der Waals surface area contributed by atoms with Gasteiger partial charge < -0.3 is 4.74 Å². The van der Waals surface area contributed by atoms with Crippen LogP contribution in [-0.4, -0.2) is 18.0 Å². The Morgan fingerprint density at radius 1 is 1.22 bits per heavy atom. The number of hydrogen-bond acceptors (Lipinski definition) is 2. The van der Waals surface area contributed by atoms with Crippen molar-refractivity contribution in [1.82, 2.24) is 0 Å². The van der Waals surface area contributed by atoms with E-state index in [-0.39, 0.29) is 23.8 Å². The van der Waals surface area contributed by atoms with Gasteiger partial charge in [0.05, 0.1) is 5.88 Å². The molecule has 0 unspecified atom stereocenters. The van der Waals surface area contributed by atoms with E-state index in [1.165, 1.54) is 12.1 Å². The molecule has 0 amide bonds. The highest BCUT2D eigenvalue weighted by Gasteiger charge is 2.30. The van der Waals surface area contributed by atoms with Crippen molar-refractivity contribution in [2.75, 3.05) is 5.88 Å². The number of ether oxygens (including phenoxy) is 1. The normalized spacial score (nSPS) is 10.3. The van der Waals surface area contributed by atoms with Gasteiger partial charge in [-0.2, -0.15) is 0 Å². The van der Waals surface area contributed by atoms with Crippen LogP contribution < -0.4 is 4.74 Å². The summed E-state index contributed by atoms with van der Waals surface area (Å²) in [5, 5.41) is 0. The van der Waals surface area contributed by atoms with Crippen LogP contribution in [0.15, 0.2) is 24.3 Å². The predicted molar refractivity (Wildman–Crippen MR) is 63.9 cm³/mol. The van der Waals surface area contributed by atoms with Gasteiger partial charge in [0.15, 0.2) is 5.78 Å². The largest absolute Gasteiger partial charge is 0.573 e. The zero-order chi connectivity index (χ0) is 14.2. The molecule has 0 aliphatic carbocycles. The second-order valence-electron chi connectivity index (χ2n) is 3.04. The van der Waals surface area contributed by atoms with E-state index in [0.29, 0.717) is 5.56 Å². The molecule has 0 heterocycles. The van der Waals surface area contributed by atoms with E-state index in [1.807, 2.05) is 13.8 Å². The van der Waals surface area contributed by atoms with Crippen LogP contribution in [0.3, 0.4) is 0 Å². The third-order valence-corrected chi connectivity index (χ3v) is 2.01. The molecule has 1 rings (SSSR count). The Hall–Kier alpha value is -1.23. The van der Waals surface area contributed by atoms with Gasteiger partial charge in [-0.3, -0.25) is 4.79 Å². The molecule has 0 saturated heterocycles. The van der Waals surface area contributed by atoms with Gasteiger partial charge in [-0.1, -0.05) is 26.0 Å². The minimum atomic E-state index is -4.70. The van der Waals surface area contributed by atoms with Gasteiger partial charge in [-0.25, -0.2) is 0 Å². The average molecular weight is 283 g/mol. The number of Topliss-reactive ketones (excluding diaryl/α,β-unsaturated/α-hetero) is 1. The lowest BCUT2D eigenvalue weighted by atomic mass is 10.1. The number of rotatable bonds is 4. The van der Waals surface area contributed by atoms with E-state index in [4.69, 9.17) is 11.6 Å². The summed E-state index contributed by atoms with van der Waals surface area (Å²) in [6.07, 6.45) is -4.59. The maximum Gasteiger partial charge on any atom is 0.573 e. The highest BCUT2D eigenvalue weighted by molar-refractivity contribution is 6.27. The molecule has 1 aromatic carbocycles. The lowest BCUT2D eigenvalue weighted by molar-refractivity contribution is -0.274. The molecular weight excluding hydrogens is 269 g/mol. The number of alkyl halides is 4. The van der Waals surface area contributed by atoms with E-state index in [9.17, 15) is 18.0 Å². The third kappa shape index (κ3) is 7.17. The maximum absolute atomic E-state index is 11.8. The highest BCUT2D eigenvalue weighted by atomic mass is 35.5. The monoisotopic (exact) mass is 282 g/mol. The van der Waals surface area contributed by atoms with Gasteiger partial charge in [0.1, 0.15) is 5.75 Å². The number of ketones is 1. The van der Waals surface area contributed by atoms with Crippen LogP contribution in [0, 0.1) is 0 Å². The molecule has 18 heavy (non-hydrogen) atoms. The molecule has 0 aliphatic rings. The zero-order valence-corrected chi connectivity index (χ0v) is 10.8. The minimum Gasteiger partial charge on any atom is -0.406 e. The third-order valence-electron chi connectivity index (χ3n) is 1.71. The fraction of sp³-hybridized carbons (Fsp3) is 0.417. The first-order valence-corrected chi connectivity index (χ1v) is 5.86. The van der Waals surface area contributed by atoms with E-state index in [1.54, 1.807) is 0 Å². The van der Waals surface area contributed by atoms with Crippen LogP contribution >= 0.6 is 11.6 Å². The second kappa shape index (κ2) is 7.97. The topological polar surface area (TPSA) is 26.3 Å². The standard InChI is InChI=1S/C10H8ClF3O2.C2H6/c11-6-8(15)5-7-1-3-9(4-2-7)16-10(12,13)14;1-2/h1-4H,5-6H2;1-2H3. The molecule has 0 saturated carbocycles. The molecule has 0 spiro atoms. The van der Waals surface area contributed by atoms with Crippen LogP contribution in [0.1, 0.15) is 19.4 Å². The average Bonchev–Trinajstić information content (AvgIpc) is 2.32. The molecule has 1 aromatic rings. The van der Waals surface area contributed by atoms with Crippen molar-refractivity contribution in [2.45, 2.75) is 26.6 Å². The number of benzene rings is 1. The SMILES string of the molecule is CC.O=C(CCl)Cc1ccc(OC(F)(F)F)cc1. The summed E-state index contributed by atoms with van der Waals surface area (Å²) in [6, 6.07) is 5.10. The Bertz CT molecular complexity index is 361. The van der Waals surface area contributed by atoms with Crippen molar-refractivity contribution >= 4 is 17.4 Å². The summed E-state index contributed by atoms with van der Waals surface area (Å²) in [5.74, 6) is -0.610. The van der Waals surface area contributed by atoms with E-state index in [2.05, 4.69) is 4.74 Å². The first-order chi connectivity index (χ1) is 8.40. The molecule has 0 N–H and O–H groups in total. The van der Waals surface area contributed by atoms with Gasteiger partial charge in [-0.15, -0.1) is 24.8 Å². The summed E-state index contributed by atoms with van der Waals surface area (Å²) < 4.78 is 39.1. The summed E-state index contributed by atoms with van der Waals surface area (Å²) in [5.41, 5.74) is 0.597. The minimum absolute atomic E-state index is 0.107. The van der Waals surface area contributed by atoms with Crippen molar-refractivity contribution in [3.05, 3.63) is 29.8 Å². The molecule has 0 radical (unpaired) electrons. The van der Waals surface area contributed by atoms with Crippen molar-refractivity contribution < 1.29 is 22.7 Å². The molecule has 0 aromatic heterocycles. The van der Waals surface area contributed by atoms with Crippen LogP contribution in [-0.2, 0) is 11.2 Å². The van der Waals surface area contributed by atoms with Crippen LogP contribution in [0.2, 0.25) is 0 Å². The van der Waals surface area contributed by atoms with Crippen molar-refractivity contribution in [1.29, 1.82) is 0 Å². The van der Waals surface area contributed by atoms with E-state index < -0.39 is 6.36 Å². The smallest absolute Gasteiger partial charge is 0.406 e. The summed E-state index contributed by atoms with van der Waals surface area (Å²) >= 11 is 5.30. The lowest BCUT2D eigenvalue weighted by Gasteiger charge is -2.08. The van der Waals surface area contributed by atoms with Crippen molar-refractivity contribution in [2.24, 2.45) is 0 Å². The van der Waals surface area contributed by atoms with Crippen LogP contribution in [0.4, 0.5) is 13.2 Å². The van der Waals surface area contributed by atoms with Gasteiger partial charge >= 0.3 is 6.36 Å².